The van der Waals surface area contributed by atoms with Crippen LogP contribution in [0.4, 0.5) is 5.69 Å². The zero-order valence-electron chi connectivity index (χ0n) is 16.6. The van der Waals surface area contributed by atoms with Crippen LogP contribution < -0.4 is 10.1 Å². The molecule has 0 aliphatic carbocycles. The second-order valence-electron chi connectivity index (χ2n) is 6.93. The van der Waals surface area contributed by atoms with E-state index in [1.165, 1.54) is 6.33 Å². The molecule has 5 rings (SSSR count). The third-order valence-electron chi connectivity index (χ3n) is 5.00. The SMILES string of the molecule is COc1ccc(C(=O)Nc2cccc(-c3n[nH]c4ccc(-c5ncn[nH]5)cc34)c2)cc1. The Kier molecular flexibility index (Phi) is 4.64. The van der Waals surface area contributed by atoms with Crippen LogP contribution in [0.3, 0.4) is 0 Å². The van der Waals surface area contributed by atoms with E-state index in [0.717, 1.165) is 27.7 Å². The lowest BCUT2D eigenvalue weighted by Gasteiger charge is -2.08. The van der Waals surface area contributed by atoms with Crippen LogP contribution in [-0.4, -0.2) is 38.4 Å². The van der Waals surface area contributed by atoms with Crippen molar-refractivity contribution in [1.29, 1.82) is 0 Å². The predicted molar refractivity (Wildman–Crippen MR) is 118 cm³/mol. The number of aromatic amines is 2. The van der Waals surface area contributed by atoms with Gasteiger partial charge in [-0.15, -0.1) is 0 Å². The molecule has 0 bridgehead atoms. The molecule has 8 nitrogen and oxygen atoms in total. The Morgan fingerprint density at radius 3 is 2.61 bits per heavy atom. The van der Waals surface area contributed by atoms with Crippen molar-refractivity contribution < 1.29 is 9.53 Å². The van der Waals surface area contributed by atoms with Gasteiger partial charge < -0.3 is 10.1 Å². The van der Waals surface area contributed by atoms with Gasteiger partial charge in [-0.3, -0.25) is 15.0 Å². The van der Waals surface area contributed by atoms with Gasteiger partial charge in [0.25, 0.3) is 5.91 Å². The Morgan fingerprint density at radius 2 is 1.84 bits per heavy atom. The van der Waals surface area contributed by atoms with E-state index >= 15 is 0 Å². The normalized spacial score (nSPS) is 10.9. The molecule has 0 aliphatic heterocycles. The highest BCUT2D eigenvalue weighted by Gasteiger charge is 2.12. The molecule has 0 saturated carbocycles. The van der Waals surface area contributed by atoms with Crippen molar-refractivity contribution in [2.75, 3.05) is 12.4 Å². The van der Waals surface area contributed by atoms with Crippen LogP contribution in [0.25, 0.3) is 33.5 Å². The summed E-state index contributed by atoms with van der Waals surface area (Å²) in [6.07, 6.45) is 1.48. The van der Waals surface area contributed by atoms with Gasteiger partial charge in [0.2, 0.25) is 0 Å². The van der Waals surface area contributed by atoms with E-state index in [2.05, 4.69) is 30.7 Å². The zero-order valence-corrected chi connectivity index (χ0v) is 16.6. The first-order valence-corrected chi connectivity index (χ1v) is 9.61. The lowest BCUT2D eigenvalue weighted by molar-refractivity contribution is 0.102. The number of hydrogen-bond donors (Lipinski definition) is 3. The number of nitrogens with zero attached hydrogens (tertiary/aromatic N) is 3. The van der Waals surface area contributed by atoms with E-state index in [1.807, 2.05) is 42.5 Å². The number of aromatic nitrogens is 5. The van der Waals surface area contributed by atoms with Gasteiger partial charge in [0.1, 0.15) is 12.1 Å². The second kappa shape index (κ2) is 7.75. The molecule has 0 aliphatic rings. The fourth-order valence-electron chi connectivity index (χ4n) is 3.42. The van der Waals surface area contributed by atoms with E-state index in [9.17, 15) is 4.79 Å². The van der Waals surface area contributed by atoms with Crippen LogP contribution >= 0.6 is 0 Å². The monoisotopic (exact) mass is 410 g/mol. The summed E-state index contributed by atoms with van der Waals surface area (Å²) in [4.78, 5) is 16.8. The van der Waals surface area contributed by atoms with Crippen LogP contribution in [0, 0.1) is 0 Å². The molecule has 1 amide bonds. The van der Waals surface area contributed by atoms with Gasteiger partial charge in [-0.25, -0.2) is 4.98 Å². The number of hydrogen-bond acceptors (Lipinski definition) is 5. The molecule has 0 saturated heterocycles. The Bertz CT molecular complexity index is 1360. The van der Waals surface area contributed by atoms with Crippen LogP contribution in [-0.2, 0) is 0 Å². The van der Waals surface area contributed by atoms with Crippen LogP contribution in [0.5, 0.6) is 5.75 Å². The van der Waals surface area contributed by atoms with Gasteiger partial charge in [0.05, 0.1) is 18.3 Å². The van der Waals surface area contributed by atoms with E-state index in [-0.39, 0.29) is 5.91 Å². The number of ether oxygens (including phenoxy) is 1. The maximum absolute atomic E-state index is 12.6. The number of benzene rings is 3. The van der Waals surface area contributed by atoms with Crippen molar-refractivity contribution in [3.63, 3.8) is 0 Å². The molecule has 8 heteroatoms. The first-order chi connectivity index (χ1) is 15.2. The van der Waals surface area contributed by atoms with Crippen LogP contribution in [0.2, 0.25) is 0 Å². The topological polar surface area (TPSA) is 109 Å². The Hall–Kier alpha value is -4.46. The molecule has 31 heavy (non-hydrogen) atoms. The molecule has 0 atom stereocenters. The van der Waals surface area contributed by atoms with Crippen molar-refractivity contribution in [2.45, 2.75) is 0 Å². The first-order valence-electron chi connectivity index (χ1n) is 9.61. The Morgan fingerprint density at radius 1 is 0.968 bits per heavy atom. The summed E-state index contributed by atoms with van der Waals surface area (Å²) in [5.41, 5.74) is 4.72. The molecule has 0 unspecified atom stereocenters. The highest BCUT2D eigenvalue weighted by molar-refractivity contribution is 6.05. The second-order valence-corrected chi connectivity index (χ2v) is 6.93. The van der Waals surface area contributed by atoms with Gasteiger partial charge in [-0.1, -0.05) is 12.1 Å². The lowest BCUT2D eigenvalue weighted by Crippen LogP contribution is -2.11. The standard InChI is InChI=1S/C23H18N6O2/c1-31-18-8-5-14(6-9-18)23(30)26-17-4-2-3-15(11-17)21-19-12-16(22-24-13-25-29-22)7-10-20(19)27-28-21/h2-13H,1H3,(H,26,30)(H,27,28)(H,24,25,29). The Balaban J connectivity index is 1.45. The molecular formula is C23H18N6O2. The highest BCUT2D eigenvalue weighted by Crippen LogP contribution is 2.30. The summed E-state index contributed by atoms with van der Waals surface area (Å²) in [7, 11) is 1.59. The molecule has 0 radical (unpaired) electrons. The summed E-state index contributed by atoms with van der Waals surface area (Å²) in [6.45, 7) is 0. The molecule has 2 heterocycles. The number of H-pyrrole nitrogens is 2. The average molecular weight is 410 g/mol. The maximum Gasteiger partial charge on any atom is 0.255 e. The van der Waals surface area contributed by atoms with E-state index in [1.54, 1.807) is 31.4 Å². The van der Waals surface area contributed by atoms with Gasteiger partial charge in [-0.05, 0) is 54.6 Å². The number of rotatable bonds is 5. The van der Waals surface area contributed by atoms with Crippen LogP contribution in [0.15, 0.2) is 73.1 Å². The smallest absolute Gasteiger partial charge is 0.255 e. The summed E-state index contributed by atoms with van der Waals surface area (Å²) in [6, 6.07) is 20.5. The summed E-state index contributed by atoms with van der Waals surface area (Å²) < 4.78 is 5.14. The Labute approximate surface area is 177 Å². The van der Waals surface area contributed by atoms with E-state index in [0.29, 0.717) is 22.8 Å². The number of methoxy groups -OCH3 is 1. The maximum atomic E-state index is 12.6. The molecule has 152 valence electrons. The molecule has 0 fully saturated rings. The van der Waals surface area contributed by atoms with Gasteiger partial charge in [-0.2, -0.15) is 10.2 Å². The number of amides is 1. The lowest BCUT2D eigenvalue weighted by atomic mass is 10.0. The largest absolute Gasteiger partial charge is 0.497 e. The molecule has 3 N–H and O–H groups in total. The third-order valence-corrected chi connectivity index (χ3v) is 5.00. The summed E-state index contributed by atoms with van der Waals surface area (Å²) >= 11 is 0. The van der Waals surface area contributed by atoms with E-state index in [4.69, 9.17) is 4.74 Å². The van der Waals surface area contributed by atoms with Crippen molar-refractivity contribution in [2.24, 2.45) is 0 Å². The average Bonchev–Trinajstić information content (AvgIpc) is 3.49. The van der Waals surface area contributed by atoms with Crippen molar-refractivity contribution in [3.8, 4) is 28.4 Å². The van der Waals surface area contributed by atoms with Gasteiger partial charge in [0, 0.05) is 27.8 Å². The van der Waals surface area contributed by atoms with Crippen molar-refractivity contribution in [3.05, 3.63) is 78.6 Å². The number of carbonyl (C=O) groups is 1. The summed E-state index contributed by atoms with van der Waals surface area (Å²) in [5.74, 6) is 1.20. The highest BCUT2D eigenvalue weighted by atomic mass is 16.5. The zero-order chi connectivity index (χ0) is 21.2. The third kappa shape index (κ3) is 3.62. The number of nitrogens with one attached hydrogen (secondary N) is 3. The number of anilines is 1. The molecule has 2 aromatic heterocycles. The first kappa shape index (κ1) is 18.6. The van der Waals surface area contributed by atoms with Crippen LogP contribution in [0.1, 0.15) is 10.4 Å². The van der Waals surface area contributed by atoms with Gasteiger partial charge >= 0.3 is 0 Å². The minimum absolute atomic E-state index is 0.195. The van der Waals surface area contributed by atoms with E-state index < -0.39 is 0 Å². The minimum atomic E-state index is -0.195. The predicted octanol–water partition coefficient (Wildman–Crippen LogP) is 4.28. The molecule has 5 aromatic rings. The van der Waals surface area contributed by atoms with Crippen molar-refractivity contribution in [1.82, 2.24) is 25.4 Å². The molecule has 3 aromatic carbocycles. The minimum Gasteiger partial charge on any atom is -0.497 e. The molecular weight excluding hydrogens is 392 g/mol. The fourth-order valence-corrected chi connectivity index (χ4v) is 3.42. The van der Waals surface area contributed by atoms with Crippen molar-refractivity contribution >= 4 is 22.5 Å². The quantitative estimate of drug-likeness (QED) is 0.401. The number of carbonyl (C=O) groups excluding carboxylic acids is 1. The van der Waals surface area contributed by atoms with Gasteiger partial charge in [0.15, 0.2) is 5.82 Å². The fraction of sp³-hybridized carbons (Fsp3) is 0.0435. The molecule has 0 spiro atoms. The summed E-state index contributed by atoms with van der Waals surface area (Å²) in [5, 5.41) is 18.2. The number of fused-ring (bicyclic) bond motifs is 1.